The van der Waals surface area contributed by atoms with Crippen molar-refractivity contribution in [2.45, 2.75) is 64.2 Å². The van der Waals surface area contributed by atoms with Crippen LogP contribution in [-0.2, 0) is 12.8 Å². The van der Waals surface area contributed by atoms with Crippen LogP contribution in [0.15, 0.2) is 36.9 Å². The molecule has 0 spiro atoms. The Hall–Kier alpha value is -1.25. The number of benzene rings is 1. The van der Waals surface area contributed by atoms with Gasteiger partial charge in [-0.25, -0.2) is 0 Å². The van der Waals surface area contributed by atoms with E-state index in [-0.39, 0.29) is 5.76 Å². The van der Waals surface area contributed by atoms with Gasteiger partial charge in [0, 0.05) is 10.3 Å². The van der Waals surface area contributed by atoms with Crippen molar-refractivity contribution in [1.29, 1.82) is 0 Å². The summed E-state index contributed by atoms with van der Waals surface area (Å²) in [4.78, 5) is 2.21. The maximum atomic E-state index is 9.49. The van der Waals surface area contributed by atoms with E-state index in [4.69, 9.17) is 11.6 Å². The van der Waals surface area contributed by atoms with Crippen molar-refractivity contribution in [3.8, 4) is 0 Å². The first-order chi connectivity index (χ1) is 12.9. The molecule has 1 saturated carbocycles. The second kappa shape index (κ2) is 9.30. The van der Waals surface area contributed by atoms with E-state index in [1.54, 1.807) is 11.3 Å². The van der Waals surface area contributed by atoms with Crippen LogP contribution < -0.4 is 0 Å². The molecule has 27 heavy (non-hydrogen) atoms. The molecule has 0 amide bonds. The molecular formula is C24H31ClOS. The Labute approximate surface area is 173 Å². The predicted octanol–water partition coefficient (Wildman–Crippen LogP) is 7.48. The van der Waals surface area contributed by atoms with Gasteiger partial charge < -0.3 is 5.11 Å². The lowest BCUT2D eigenvalue weighted by atomic mass is 9.86. The molecular weight excluding hydrogens is 372 g/mol. The summed E-state index contributed by atoms with van der Waals surface area (Å²) in [6.07, 6.45) is 8.31. The molecule has 3 atom stereocenters. The van der Waals surface area contributed by atoms with E-state index in [1.807, 2.05) is 6.07 Å². The molecule has 3 rings (SSSR count). The maximum absolute atomic E-state index is 9.49. The summed E-state index contributed by atoms with van der Waals surface area (Å²) >= 11 is 8.34. The van der Waals surface area contributed by atoms with Gasteiger partial charge in [-0.3, -0.25) is 0 Å². The monoisotopic (exact) mass is 402 g/mol. The van der Waals surface area contributed by atoms with Gasteiger partial charge in [-0.2, -0.15) is 0 Å². The topological polar surface area (TPSA) is 20.2 Å². The van der Waals surface area contributed by atoms with Gasteiger partial charge in [-0.1, -0.05) is 35.9 Å². The fraction of sp³-hybridized carbons (Fsp3) is 0.500. The molecule has 1 heterocycles. The summed E-state index contributed by atoms with van der Waals surface area (Å²) in [6.45, 7) is 7.98. The lowest BCUT2D eigenvalue weighted by Gasteiger charge is -2.22. The number of halogens is 1. The van der Waals surface area contributed by atoms with Crippen LogP contribution in [0.4, 0.5) is 0 Å². The molecule has 1 aromatic carbocycles. The highest BCUT2D eigenvalue weighted by molar-refractivity contribution is 7.13. The third kappa shape index (κ3) is 5.62. The summed E-state index contributed by atoms with van der Waals surface area (Å²) in [7, 11) is 0. The Balaban J connectivity index is 1.51. The highest BCUT2D eigenvalue weighted by atomic mass is 35.5. The summed E-state index contributed by atoms with van der Waals surface area (Å²) in [5.41, 5.74) is 4.20. The number of thiophene rings is 1. The zero-order chi connectivity index (χ0) is 19.4. The Bertz CT molecular complexity index is 758. The van der Waals surface area contributed by atoms with Gasteiger partial charge in [0.1, 0.15) is 5.76 Å². The molecule has 0 aliphatic heterocycles. The summed E-state index contributed by atoms with van der Waals surface area (Å²) < 4.78 is 0. The first kappa shape index (κ1) is 20.5. The van der Waals surface area contributed by atoms with Crippen molar-refractivity contribution in [3.63, 3.8) is 0 Å². The van der Waals surface area contributed by atoms with E-state index in [9.17, 15) is 5.11 Å². The fourth-order valence-electron chi connectivity index (χ4n) is 4.62. The lowest BCUT2D eigenvalue weighted by molar-refractivity contribution is 0.340. The Morgan fingerprint density at radius 3 is 2.52 bits per heavy atom. The highest BCUT2D eigenvalue weighted by Gasteiger charge is 2.33. The second-order valence-electron chi connectivity index (χ2n) is 8.16. The van der Waals surface area contributed by atoms with Crippen LogP contribution in [0.5, 0.6) is 0 Å². The minimum absolute atomic E-state index is 0.175. The number of alkyl halides is 1. The maximum Gasteiger partial charge on any atom is 0.125 e. The van der Waals surface area contributed by atoms with Gasteiger partial charge in [-0.05, 0) is 88.3 Å². The van der Waals surface area contributed by atoms with Crippen LogP contribution in [0.3, 0.4) is 0 Å². The van der Waals surface area contributed by atoms with E-state index < -0.39 is 0 Å². The average Bonchev–Trinajstić information content (AvgIpc) is 3.20. The molecule has 1 fully saturated rings. The van der Waals surface area contributed by atoms with Crippen molar-refractivity contribution >= 4 is 28.7 Å². The third-order valence-corrected chi connectivity index (χ3v) is 7.61. The molecule has 0 saturated heterocycles. The Kier molecular flexibility index (Phi) is 7.05. The normalized spacial score (nSPS) is 22.3. The molecule has 1 aliphatic rings. The number of aliphatic hydroxyl groups is 1. The summed E-state index contributed by atoms with van der Waals surface area (Å²) in [5, 5.41) is 9.83. The van der Waals surface area contributed by atoms with Crippen molar-refractivity contribution in [3.05, 3.63) is 63.4 Å². The number of hydrogen-bond acceptors (Lipinski definition) is 2. The molecule has 1 nitrogen and oxygen atoms in total. The van der Waals surface area contributed by atoms with Crippen LogP contribution in [0.2, 0.25) is 0 Å². The van der Waals surface area contributed by atoms with Crippen molar-refractivity contribution < 1.29 is 5.11 Å². The van der Waals surface area contributed by atoms with Gasteiger partial charge in [-0.15, -0.1) is 22.9 Å². The van der Waals surface area contributed by atoms with E-state index in [0.29, 0.717) is 11.3 Å². The van der Waals surface area contributed by atoms with E-state index in [2.05, 4.69) is 44.7 Å². The minimum atomic E-state index is 0.175. The number of aliphatic hydroxyl groups excluding tert-OH is 1. The third-order valence-electron chi connectivity index (χ3n) is 5.88. The molecule has 2 unspecified atom stereocenters. The van der Waals surface area contributed by atoms with E-state index in [0.717, 1.165) is 23.6 Å². The fourth-order valence-corrected chi connectivity index (χ4v) is 5.99. The molecule has 2 aromatic rings. The van der Waals surface area contributed by atoms with Crippen LogP contribution in [-0.4, -0.2) is 10.5 Å². The number of hydrogen-bond donors (Lipinski definition) is 1. The SMILES string of the molecule is C=C(O)c1ccc(CCC[C@H]2C(Cl)CCC2CCc2cc(C)cc(C)c2)s1. The van der Waals surface area contributed by atoms with Crippen LogP contribution in [0, 0.1) is 25.7 Å². The Morgan fingerprint density at radius 1 is 1.11 bits per heavy atom. The van der Waals surface area contributed by atoms with E-state index >= 15 is 0 Å². The smallest absolute Gasteiger partial charge is 0.125 e. The van der Waals surface area contributed by atoms with Gasteiger partial charge >= 0.3 is 0 Å². The first-order valence-corrected chi connectivity index (χ1v) is 11.4. The summed E-state index contributed by atoms with van der Waals surface area (Å²) in [5.74, 6) is 1.57. The lowest BCUT2D eigenvalue weighted by Crippen LogP contribution is -2.16. The predicted molar refractivity (Wildman–Crippen MR) is 119 cm³/mol. The molecule has 146 valence electrons. The summed E-state index contributed by atoms with van der Waals surface area (Å²) in [6, 6.07) is 11.0. The second-order valence-corrected chi connectivity index (χ2v) is 9.89. The standard InChI is InChI=1S/C24H31ClOS/c1-16-13-17(2)15-19(14-16)7-8-20-9-11-23(25)22(20)6-4-5-21-10-12-24(27-21)18(3)26/h10,12-15,20,22-23,26H,3-9,11H2,1-2H3/t20?,22-,23?/m1/s1. The van der Waals surface area contributed by atoms with Crippen molar-refractivity contribution in [1.82, 2.24) is 0 Å². The Morgan fingerprint density at radius 2 is 1.85 bits per heavy atom. The van der Waals surface area contributed by atoms with Crippen LogP contribution >= 0.6 is 22.9 Å². The van der Waals surface area contributed by atoms with Gasteiger partial charge in [0.15, 0.2) is 0 Å². The molecule has 3 heteroatoms. The molecule has 1 aromatic heterocycles. The largest absolute Gasteiger partial charge is 0.507 e. The highest BCUT2D eigenvalue weighted by Crippen LogP contribution is 2.41. The van der Waals surface area contributed by atoms with Crippen molar-refractivity contribution in [2.75, 3.05) is 0 Å². The van der Waals surface area contributed by atoms with Gasteiger partial charge in [0.25, 0.3) is 0 Å². The molecule has 1 N–H and O–H groups in total. The number of aryl methyl sites for hydroxylation is 4. The molecule has 0 radical (unpaired) electrons. The minimum Gasteiger partial charge on any atom is -0.507 e. The van der Waals surface area contributed by atoms with Crippen LogP contribution in [0.25, 0.3) is 5.76 Å². The zero-order valence-electron chi connectivity index (χ0n) is 16.5. The van der Waals surface area contributed by atoms with Crippen molar-refractivity contribution in [2.24, 2.45) is 11.8 Å². The van der Waals surface area contributed by atoms with E-state index in [1.165, 1.54) is 53.7 Å². The first-order valence-electron chi connectivity index (χ1n) is 10.1. The number of rotatable bonds is 8. The molecule has 0 bridgehead atoms. The van der Waals surface area contributed by atoms with Gasteiger partial charge in [0.2, 0.25) is 0 Å². The van der Waals surface area contributed by atoms with Crippen LogP contribution in [0.1, 0.15) is 58.5 Å². The quantitative estimate of drug-likeness (QED) is 0.358. The van der Waals surface area contributed by atoms with Gasteiger partial charge in [0.05, 0.1) is 4.88 Å². The molecule has 1 aliphatic carbocycles. The zero-order valence-corrected chi connectivity index (χ0v) is 18.1. The average molecular weight is 403 g/mol.